The molecule has 5 aromatic rings. The maximum absolute atomic E-state index is 12.4. The van der Waals surface area contributed by atoms with Crippen LogP contribution in [0.15, 0.2) is 60.7 Å². The van der Waals surface area contributed by atoms with Gasteiger partial charge in [0.2, 0.25) is 0 Å². The molecule has 0 atom stereocenters. The van der Waals surface area contributed by atoms with Crippen molar-refractivity contribution >= 4 is 33.4 Å². The molecule has 4 aromatic carbocycles. The summed E-state index contributed by atoms with van der Waals surface area (Å²) < 4.78 is 8.30. The number of phenolic OH excluding ortho intramolecular Hbond substituents is 1. The van der Waals surface area contributed by atoms with E-state index in [1.807, 2.05) is 19.1 Å². The van der Waals surface area contributed by atoms with Crippen molar-refractivity contribution in [3.8, 4) is 28.3 Å². The molecule has 0 saturated carbocycles. The second-order valence-electron chi connectivity index (χ2n) is 15.5. The van der Waals surface area contributed by atoms with Crippen LogP contribution in [-0.2, 0) is 10.8 Å². The van der Waals surface area contributed by atoms with Crippen molar-refractivity contribution in [2.75, 3.05) is 13.2 Å². The number of halogens is 1. The number of nitrogens with zero attached hydrogens (tertiary/aromatic N) is 1. The molecule has 0 saturated heterocycles. The fraction of sp³-hybridized carbons (Fsp3) is 0.400. The van der Waals surface area contributed by atoms with Gasteiger partial charge in [-0.2, -0.15) is 0 Å². The summed E-state index contributed by atoms with van der Waals surface area (Å²) in [5, 5.41) is 24.8. The van der Waals surface area contributed by atoms with Crippen LogP contribution in [-0.4, -0.2) is 28.0 Å². The highest BCUT2D eigenvalue weighted by molar-refractivity contribution is 6.31. The maximum Gasteiger partial charge on any atom is 0.147 e. The number of hydrogen-bond donors (Lipinski definition) is 2. The minimum absolute atomic E-state index is 0.00590. The third kappa shape index (κ3) is 6.46. The van der Waals surface area contributed by atoms with Gasteiger partial charge in [0.05, 0.1) is 23.3 Å². The van der Waals surface area contributed by atoms with Crippen molar-refractivity contribution < 1.29 is 14.9 Å². The zero-order valence-electron chi connectivity index (χ0n) is 28.5. The Hall–Kier alpha value is -3.47. The average Bonchev–Trinajstić information content (AvgIpc) is 3.23. The predicted molar refractivity (Wildman–Crippen MR) is 191 cm³/mol. The van der Waals surface area contributed by atoms with Crippen LogP contribution in [0.4, 0.5) is 0 Å². The van der Waals surface area contributed by atoms with Gasteiger partial charge in [0.15, 0.2) is 0 Å². The molecule has 0 unspecified atom stereocenters. The summed E-state index contributed by atoms with van der Waals surface area (Å²) in [6.07, 6.45) is 0.938. The normalized spacial score (nSPS) is 12.8. The second kappa shape index (κ2) is 11.7. The van der Waals surface area contributed by atoms with E-state index in [2.05, 4.69) is 115 Å². The van der Waals surface area contributed by atoms with Crippen LogP contribution < -0.4 is 4.74 Å². The van der Waals surface area contributed by atoms with Crippen LogP contribution >= 0.6 is 11.6 Å². The van der Waals surface area contributed by atoms with Gasteiger partial charge in [0.25, 0.3) is 0 Å². The van der Waals surface area contributed by atoms with E-state index in [0.29, 0.717) is 27.6 Å². The first-order valence-corrected chi connectivity index (χ1v) is 16.3. The van der Waals surface area contributed by atoms with Crippen LogP contribution in [0.25, 0.3) is 38.6 Å². The molecule has 2 N–H and O–H groups in total. The summed E-state index contributed by atoms with van der Waals surface area (Å²) in [5.74, 6) is 0.758. The Balaban J connectivity index is 1.92. The molecule has 0 spiro atoms. The molecule has 0 radical (unpaired) electrons. The first-order chi connectivity index (χ1) is 20.9. The number of aromatic nitrogens is 1. The van der Waals surface area contributed by atoms with Crippen molar-refractivity contribution in [1.29, 1.82) is 0 Å². The average molecular weight is 626 g/mol. The number of fused-ring (bicyclic) bond motifs is 3. The molecule has 0 amide bonds. The lowest BCUT2D eigenvalue weighted by Crippen LogP contribution is -2.25. The maximum atomic E-state index is 12.4. The van der Waals surface area contributed by atoms with Gasteiger partial charge in [-0.25, -0.2) is 0 Å². The molecule has 0 aliphatic rings. The standard InChI is InChI=1S/C40H48ClNO3/c1-24-11-13-33-29(17-24)30-19-26(39(6,7)8)12-14-34(30)42(33)35-21-27(40(9,10)23-38(3,4)5)20-31(36(35)44)32-22-28(41)18-25(2)37(32)45-16-15-43/h11-14,17-22,43-44H,15-16,23H2,1-10H3. The minimum atomic E-state index is -0.218. The monoisotopic (exact) mass is 625 g/mol. The van der Waals surface area contributed by atoms with Crippen molar-refractivity contribution in [2.24, 2.45) is 5.41 Å². The van der Waals surface area contributed by atoms with Crippen LogP contribution in [0.3, 0.4) is 0 Å². The number of phenols is 1. The lowest BCUT2D eigenvalue weighted by Gasteiger charge is -2.34. The molecule has 0 bridgehead atoms. The SMILES string of the molecule is Cc1ccc2c(c1)c1cc(C(C)(C)C)ccc1n2-c1cc(C(C)(C)CC(C)(C)C)cc(-c2cc(Cl)cc(C)c2OCCO)c1O. The van der Waals surface area contributed by atoms with E-state index in [-0.39, 0.29) is 35.2 Å². The van der Waals surface area contributed by atoms with E-state index in [0.717, 1.165) is 39.4 Å². The predicted octanol–water partition coefficient (Wildman–Crippen LogP) is 10.8. The van der Waals surface area contributed by atoms with Gasteiger partial charge in [-0.05, 0) is 102 Å². The fourth-order valence-electron chi connectivity index (χ4n) is 6.95. The Morgan fingerprint density at radius 2 is 1.40 bits per heavy atom. The largest absolute Gasteiger partial charge is 0.505 e. The van der Waals surface area contributed by atoms with Crippen LogP contribution in [0.5, 0.6) is 11.5 Å². The molecule has 5 rings (SSSR count). The Labute approximate surface area is 273 Å². The molecule has 0 aliphatic carbocycles. The van der Waals surface area contributed by atoms with E-state index < -0.39 is 0 Å². The van der Waals surface area contributed by atoms with E-state index in [1.54, 1.807) is 0 Å². The van der Waals surface area contributed by atoms with Gasteiger partial charge in [-0.15, -0.1) is 0 Å². The summed E-state index contributed by atoms with van der Waals surface area (Å²) in [5.41, 5.74) is 8.39. The second-order valence-corrected chi connectivity index (χ2v) is 16.0. The first-order valence-electron chi connectivity index (χ1n) is 15.9. The fourth-order valence-corrected chi connectivity index (χ4v) is 7.22. The zero-order chi connectivity index (χ0) is 33.1. The minimum Gasteiger partial charge on any atom is -0.505 e. The number of rotatable bonds is 7. The highest BCUT2D eigenvalue weighted by atomic mass is 35.5. The lowest BCUT2D eigenvalue weighted by molar-refractivity contribution is 0.201. The van der Waals surface area contributed by atoms with Crippen molar-refractivity contribution in [1.82, 2.24) is 4.57 Å². The molecule has 1 heterocycles. The Kier molecular flexibility index (Phi) is 8.57. The van der Waals surface area contributed by atoms with Gasteiger partial charge in [0, 0.05) is 26.9 Å². The van der Waals surface area contributed by atoms with E-state index >= 15 is 0 Å². The number of aliphatic hydroxyl groups is 1. The Bertz CT molecular complexity index is 1900. The van der Waals surface area contributed by atoms with Crippen LogP contribution in [0.1, 0.15) is 84.1 Å². The lowest BCUT2D eigenvalue weighted by atomic mass is 9.71. The highest BCUT2D eigenvalue weighted by Crippen LogP contribution is 2.48. The third-order valence-electron chi connectivity index (χ3n) is 8.74. The number of aryl methyl sites for hydroxylation is 2. The molecule has 0 fully saturated rings. The van der Waals surface area contributed by atoms with Crippen molar-refractivity contribution in [2.45, 2.75) is 86.5 Å². The topological polar surface area (TPSA) is 54.6 Å². The summed E-state index contributed by atoms with van der Waals surface area (Å²) in [7, 11) is 0. The van der Waals surface area contributed by atoms with Gasteiger partial charge in [-0.3, -0.25) is 0 Å². The highest BCUT2D eigenvalue weighted by Gasteiger charge is 2.31. The van der Waals surface area contributed by atoms with Crippen LogP contribution in [0, 0.1) is 19.3 Å². The third-order valence-corrected chi connectivity index (χ3v) is 8.96. The summed E-state index contributed by atoms with van der Waals surface area (Å²) in [6.45, 7) is 22.1. The first kappa shape index (κ1) is 32.9. The van der Waals surface area contributed by atoms with E-state index in [1.165, 1.54) is 11.1 Å². The number of hydrogen-bond acceptors (Lipinski definition) is 3. The molecule has 4 nitrogen and oxygen atoms in total. The summed E-state index contributed by atoms with van der Waals surface area (Å²) >= 11 is 6.65. The van der Waals surface area contributed by atoms with Gasteiger partial charge in [-0.1, -0.05) is 84.7 Å². The smallest absolute Gasteiger partial charge is 0.147 e. The molecule has 0 aliphatic heterocycles. The zero-order valence-corrected chi connectivity index (χ0v) is 29.3. The van der Waals surface area contributed by atoms with E-state index in [9.17, 15) is 10.2 Å². The summed E-state index contributed by atoms with van der Waals surface area (Å²) in [6, 6.07) is 21.2. The Morgan fingerprint density at radius 3 is 2.02 bits per heavy atom. The van der Waals surface area contributed by atoms with Crippen molar-refractivity contribution in [3.05, 3.63) is 87.9 Å². The number of aliphatic hydroxyl groups excluding tert-OH is 1. The summed E-state index contributed by atoms with van der Waals surface area (Å²) in [4.78, 5) is 0. The number of aromatic hydroxyl groups is 1. The molecule has 238 valence electrons. The van der Waals surface area contributed by atoms with Gasteiger partial charge in [0.1, 0.15) is 18.1 Å². The quantitative estimate of drug-likeness (QED) is 0.189. The van der Waals surface area contributed by atoms with Crippen LogP contribution in [0.2, 0.25) is 5.02 Å². The molecule has 45 heavy (non-hydrogen) atoms. The van der Waals surface area contributed by atoms with Gasteiger partial charge < -0.3 is 19.5 Å². The van der Waals surface area contributed by atoms with Gasteiger partial charge >= 0.3 is 0 Å². The molecule has 1 aromatic heterocycles. The number of benzene rings is 4. The molecular formula is C40H48ClNO3. The molecule has 5 heteroatoms. The molecular weight excluding hydrogens is 578 g/mol. The van der Waals surface area contributed by atoms with Crippen molar-refractivity contribution in [3.63, 3.8) is 0 Å². The Morgan fingerprint density at radius 1 is 0.756 bits per heavy atom. The van der Waals surface area contributed by atoms with E-state index in [4.69, 9.17) is 16.3 Å². The number of ether oxygens (including phenoxy) is 1.